The zero-order valence-electron chi connectivity index (χ0n) is 9.03. The van der Waals surface area contributed by atoms with E-state index >= 15 is 0 Å². The fourth-order valence-corrected chi connectivity index (χ4v) is 1.73. The molecule has 0 saturated heterocycles. The van der Waals surface area contributed by atoms with Crippen molar-refractivity contribution in [2.45, 2.75) is 25.7 Å². The summed E-state index contributed by atoms with van der Waals surface area (Å²) in [5.41, 5.74) is 0.936. The molecule has 0 saturated carbocycles. The highest BCUT2D eigenvalue weighted by atomic mass is 32.2. The highest BCUT2D eigenvalue weighted by Gasteiger charge is 2.09. The molecule has 0 aliphatic heterocycles. The maximum atomic E-state index is 11.2. The molecule has 0 aromatic heterocycles. The lowest BCUT2D eigenvalue weighted by atomic mass is 10.2. The summed E-state index contributed by atoms with van der Waals surface area (Å²) < 4.78 is 24.7. The van der Waals surface area contributed by atoms with Gasteiger partial charge in [0, 0.05) is 0 Å². The van der Waals surface area contributed by atoms with Crippen LogP contribution in [-0.4, -0.2) is 15.5 Å². The van der Waals surface area contributed by atoms with Crippen molar-refractivity contribution in [3.05, 3.63) is 29.8 Å². The Kier molecular flexibility index (Phi) is 5.42. The highest BCUT2D eigenvalue weighted by Crippen LogP contribution is 2.09. The summed E-state index contributed by atoms with van der Waals surface area (Å²) in [5.74, 6) is 0. The fraction of sp³-hybridized carbons (Fsp3) is 0.400. The first-order valence-corrected chi connectivity index (χ1v) is 6.05. The van der Waals surface area contributed by atoms with Gasteiger partial charge in [-0.2, -0.15) is 0 Å². The van der Waals surface area contributed by atoms with Crippen LogP contribution in [0, 0.1) is 6.92 Å². The number of nitrogens with one attached hydrogen (secondary N) is 1. The van der Waals surface area contributed by atoms with Crippen molar-refractivity contribution in [2.75, 3.05) is 7.05 Å². The van der Waals surface area contributed by atoms with Gasteiger partial charge in [0.15, 0.2) is 0 Å². The molecule has 14 heavy (non-hydrogen) atoms. The first-order valence-electron chi connectivity index (χ1n) is 4.56. The standard InChI is InChI=1S/C8H11NO2S.C2H6/c1-7-4-3-5-8(6-7)12(10,11)9-2;1-2/h3-6,9H,1-2H3;1-2H3. The van der Waals surface area contributed by atoms with E-state index in [2.05, 4.69) is 4.72 Å². The van der Waals surface area contributed by atoms with Gasteiger partial charge in [-0.25, -0.2) is 13.1 Å². The van der Waals surface area contributed by atoms with Gasteiger partial charge in [0.1, 0.15) is 0 Å². The van der Waals surface area contributed by atoms with Crippen molar-refractivity contribution in [3.63, 3.8) is 0 Å². The van der Waals surface area contributed by atoms with Crippen molar-refractivity contribution in [2.24, 2.45) is 0 Å². The van der Waals surface area contributed by atoms with Gasteiger partial charge < -0.3 is 0 Å². The molecular weight excluding hydrogens is 198 g/mol. The Morgan fingerprint density at radius 1 is 1.21 bits per heavy atom. The predicted molar refractivity (Wildman–Crippen MR) is 58.8 cm³/mol. The maximum absolute atomic E-state index is 11.2. The SMILES string of the molecule is CC.CNS(=O)(=O)c1cccc(C)c1. The van der Waals surface area contributed by atoms with Crippen LogP contribution < -0.4 is 4.72 Å². The van der Waals surface area contributed by atoms with Gasteiger partial charge in [-0.1, -0.05) is 26.0 Å². The second kappa shape index (κ2) is 5.78. The average molecular weight is 215 g/mol. The van der Waals surface area contributed by atoms with E-state index in [4.69, 9.17) is 0 Å². The van der Waals surface area contributed by atoms with Crippen molar-refractivity contribution in [1.82, 2.24) is 4.72 Å². The third kappa shape index (κ3) is 3.47. The van der Waals surface area contributed by atoms with E-state index in [-0.39, 0.29) is 0 Å². The van der Waals surface area contributed by atoms with Gasteiger partial charge in [-0.3, -0.25) is 0 Å². The molecule has 0 aliphatic rings. The summed E-state index contributed by atoms with van der Waals surface area (Å²) in [6, 6.07) is 6.78. The second-order valence-electron chi connectivity index (χ2n) is 2.52. The van der Waals surface area contributed by atoms with Crippen molar-refractivity contribution in [1.29, 1.82) is 0 Å². The summed E-state index contributed by atoms with van der Waals surface area (Å²) >= 11 is 0. The average Bonchev–Trinajstić information content (AvgIpc) is 2.21. The summed E-state index contributed by atoms with van der Waals surface area (Å²) in [6.45, 7) is 5.86. The molecule has 1 rings (SSSR count). The van der Waals surface area contributed by atoms with Crippen LogP contribution in [0.4, 0.5) is 0 Å². The van der Waals surface area contributed by atoms with Gasteiger partial charge in [0.2, 0.25) is 10.0 Å². The summed E-state index contributed by atoms with van der Waals surface area (Å²) in [4.78, 5) is 0.310. The first kappa shape index (κ1) is 13.1. The highest BCUT2D eigenvalue weighted by molar-refractivity contribution is 7.89. The molecule has 0 aliphatic carbocycles. The smallest absolute Gasteiger partial charge is 0.214 e. The molecule has 0 amide bonds. The Morgan fingerprint density at radius 3 is 2.21 bits per heavy atom. The van der Waals surface area contributed by atoms with E-state index < -0.39 is 10.0 Å². The Morgan fingerprint density at radius 2 is 1.79 bits per heavy atom. The Bertz CT molecular complexity index is 371. The molecule has 1 aromatic rings. The molecule has 3 nitrogen and oxygen atoms in total. The Hall–Kier alpha value is -0.870. The van der Waals surface area contributed by atoms with Crippen LogP contribution >= 0.6 is 0 Å². The minimum absolute atomic E-state index is 0.310. The predicted octanol–water partition coefficient (Wildman–Crippen LogP) is 1.93. The second-order valence-corrected chi connectivity index (χ2v) is 4.41. The minimum atomic E-state index is -3.27. The lowest BCUT2D eigenvalue weighted by Crippen LogP contribution is -2.18. The van der Waals surface area contributed by atoms with E-state index in [0.717, 1.165) is 5.56 Å². The van der Waals surface area contributed by atoms with Gasteiger partial charge in [0.25, 0.3) is 0 Å². The normalized spacial score (nSPS) is 10.3. The van der Waals surface area contributed by atoms with E-state index in [9.17, 15) is 8.42 Å². The molecule has 1 N–H and O–H groups in total. The van der Waals surface area contributed by atoms with Gasteiger partial charge in [0.05, 0.1) is 4.90 Å². The first-order chi connectivity index (χ1) is 6.56. The van der Waals surface area contributed by atoms with Gasteiger partial charge in [-0.15, -0.1) is 0 Å². The third-order valence-corrected chi connectivity index (χ3v) is 2.98. The van der Waals surface area contributed by atoms with Crippen molar-refractivity contribution < 1.29 is 8.42 Å². The number of rotatable bonds is 2. The van der Waals surface area contributed by atoms with E-state index in [1.807, 2.05) is 26.8 Å². The monoisotopic (exact) mass is 215 g/mol. The molecule has 0 radical (unpaired) electrons. The number of aryl methyl sites for hydroxylation is 1. The van der Waals surface area contributed by atoms with Crippen LogP contribution in [0.2, 0.25) is 0 Å². The summed E-state index contributed by atoms with van der Waals surface area (Å²) in [6.07, 6.45) is 0. The fourth-order valence-electron chi connectivity index (χ4n) is 0.900. The largest absolute Gasteiger partial charge is 0.240 e. The molecule has 0 bridgehead atoms. The zero-order chi connectivity index (χ0) is 11.2. The zero-order valence-corrected chi connectivity index (χ0v) is 9.85. The number of hydrogen-bond donors (Lipinski definition) is 1. The van der Waals surface area contributed by atoms with E-state index in [0.29, 0.717) is 4.90 Å². The lowest BCUT2D eigenvalue weighted by Gasteiger charge is -2.01. The lowest BCUT2D eigenvalue weighted by molar-refractivity contribution is 0.588. The number of sulfonamides is 1. The van der Waals surface area contributed by atoms with Crippen LogP contribution in [0.5, 0.6) is 0 Å². The minimum Gasteiger partial charge on any atom is -0.214 e. The van der Waals surface area contributed by atoms with Crippen LogP contribution in [0.25, 0.3) is 0 Å². The van der Waals surface area contributed by atoms with Crippen molar-refractivity contribution in [3.8, 4) is 0 Å². The van der Waals surface area contributed by atoms with E-state index in [1.54, 1.807) is 18.2 Å². The van der Waals surface area contributed by atoms with Crippen LogP contribution in [0.3, 0.4) is 0 Å². The number of benzene rings is 1. The van der Waals surface area contributed by atoms with Crippen LogP contribution in [-0.2, 0) is 10.0 Å². The summed E-state index contributed by atoms with van der Waals surface area (Å²) in [5, 5.41) is 0. The van der Waals surface area contributed by atoms with E-state index in [1.165, 1.54) is 7.05 Å². The Balaban J connectivity index is 0.000000791. The molecule has 0 unspecified atom stereocenters. The molecule has 4 heteroatoms. The van der Waals surface area contributed by atoms with Gasteiger partial charge in [-0.05, 0) is 31.7 Å². The molecule has 0 heterocycles. The molecule has 0 atom stereocenters. The van der Waals surface area contributed by atoms with Crippen molar-refractivity contribution >= 4 is 10.0 Å². The quantitative estimate of drug-likeness (QED) is 0.819. The van der Waals surface area contributed by atoms with Gasteiger partial charge >= 0.3 is 0 Å². The maximum Gasteiger partial charge on any atom is 0.240 e. The Labute approximate surface area is 86.2 Å². The molecule has 1 aromatic carbocycles. The van der Waals surface area contributed by atoms with Crippen LogP contribution in [0.15, 0.2) is 29.2 Å². The topological polar surface area (TPSA) is 46.2 Å². The molecule has 0 fully saturated rings. The molecular formula is C10H17NO2S. The molecule has 80 valence electrons. The number of hydrogen-bond acceptors (Lipinski definition) is 2. The third-order valence-electron chi connectivity index (χ3n) is 1.57. The van der Waals surface area contributed by atoms with Crippen LogP contribution in [0.1, 0.15) is 19.4 Å². The summed E-state index contributed by atoms with van der Waals surface area (Å²) in [7, 11) is -1.87. The molecule has 0 spiro atoms.